The fourth-order valence-corrected chi connectivity index (χ4v) is 4.05. The minimum Gasteiger partial charge on any atom is -0.465 e. The fraction of sp³-hybridized carbons (Fsp3) is 0.111. The summed E-state index contributed by atoms with van der Waals surface area (Å²) < 4.78 is 5.87. The van der Waals surface area contributed by atoms with Gasteiger partial charge in [0.25, 0.3) is 5.91 Å². The molecule has 0 spiro atoms. The molecule has 1 aromatic carbocycles. The molecule has 2 aromatic heterocycles. The minimum absolute atomic E-state index is 0.0544. The van der Waals surface area contributed by atoms with Crippen LogP contribution in [0.25, 0.3) is 17.0 Å². The summed E-state index contributed by atoms with van der Waals surface area (Å²) in [5.41, 5.74) is 2.30. The third-order valence-corrected chi connectivity index (χ3v) is 5.35. The maximum atomic E-state index is 12.6. The average Bonchev–Trinajstić information content (AvgIpc) is 3.29. The number of furan rings is 1. The van der Waals surface area contributed by atoms with Crippen LogP contribution in [0.15, 0.2) is 58.2 Å². The molecule has 120 valence electrons. The van der Waals surface area contributed by atoms with Crippen molar-refractivity contribution in [3.05, 3.63) is 65.1 Å². The van der Waals surface area contributed by atoms with Gasteiger partial charge in [0.1, 0.15) is 10.1 Å². The predicted octanol–water partition coefficient (Wildman–Crippen LogP) is 4.20. The Hall–Kier alpha value is -2.31. The largest absolute Gasteiger partial charge is 0.465 e. The smallest absolute Gasteiger partial charge is 0.266 e. The van der Waals surface area contributed by atoms with Crippen LogP contribution in [0.1, 0.15) is 11.3 Å². The zero-order chi connectivity index (χ0) is 16.5. The van der Waals surface area contributed by atoms with Gasteiger partial charge in [-0.15, -0.1) is 0 Å². The quantitative estimate of drug-likeness (QED) is 0.563. The minimum atomic E-state index is -0.0544. The van der Waals surface area contributed by atoms with Gasteiger partial charge in [-0.1, -0.05) is 42.2 Å². The molecule has 1 saturated heterocycles. The summed E-state index contributed by atoms with van der Waals surface area (Å²) in [5, 5.41) is 1.19. The van der Waals surface area contributed by atoms with Crippen LogP contribution < -0.4 is 0 Å². The molecule has 0 atom stereocenters. The van der Waals surface area contributed by atoms with E-state index in [0.29, 0.717) is 21.5 Å². The molecule has 1 aliphatic heterocycles. The van der Waals surface area contributed by atoms with E-state index in [2.05, 4.69) is 11.1 Å². The molecule has 0 unspecified atom stereocenters. The number of para-hydroxylation sites is 1. The zero-order valence-corrected chi connectivity index (χ0v) is 14.3. The molecule has 1 fully saturated rings. The second kappa shape index (κ2) is 6.30. The Morgan fingerprint density at radius 2 is 2.12 bits per heavy atom. The molecule has 4 rings (SSSR count). The van der Waals surface area contributed by atoms with E-state index < -0.39 is 0 Å². The summed E-state index contributed by atoms with van der Waals surface area (Å²) >= 11 is 6.69. The molecule has 3 heterocycles. The fourth-order valence-electron chi connectivity index (χ4n) is 2.77. The molecule has 0 saturated carbocycles. The number of fused-ring (bicyclic) bond motifs is 1. The van der Waals surface area contributed by atoms with Gasteiger partial charge < -0.3 is 9.40 Å². The Kier molecular flexibility index (Phi) is 4.00. The number of carbonyl (C=O) groups is 1. The molecule has 1 N–H and O–H groups in total. The standard InChI is InChI=1S/C18H14N2O2S2/c21-17-16(10-13-4-3-9-22-13)24-18(23)20(17)8-7-12-11-19-15-6-2-1-5-14(12)15/h1-6,9-11,19H,7-8H2/b16-10-. The Balaban J connectivity index is 1.50. The number of aromatic nitrogens is 1. The predicted molar refractivity (Wildman–Crippen MR) is 101 cm³/mol. The number of H-pyrrole nitrogens is 1. The van der Waals surface area contributed by atoms with E-state index in [4.69, 9.17) is 16.6 Å². The Morgan fingerprint density at radius 3 is 2.96 bits per heavy atom. The van der Waals surface area contributed by atoms with Crippen molar-refractivity contribution in [1.29, 1.82) is 0 Å². The van der Waals surface area contributed by atoms with Crippen molar-refractivity contribution in [1.82, 2.24) is 9.88 Å². The molecule has 1 amide bonds. The van der Waals surface area contributed by atoms with Crippen molar-refractivity contribution in [3.63, 3.8) is 0 Å². The van der Waals surface area contributed by atoms with Crippen LogP contribution in [0.4, 0.5) is 0 Å². The second-order valence-electron chi connectivity index (χ2n) is 5.46. The highest BCUT2D eigenvalue weighted by atomic mass is 32.2. The van der Waals surface area contributed by atoms with Gasteiger partial charge in [-0.05, 0) is 30.2 Å². The first-order chi connectivity index (χ1) is 11.7. The number of benzene rings is 1. The zero-order valence-electron chi connectivity index (χ0n) is 12.7. The molecule has 0 radical (unpaired) electrons. The lowest BCUT2D eigenvalue weighted by atomic mass is 10.1. The van der Waals surface area contributed by atoms with Crippen molar-refractivity contribution in [2.24, 2.45) is 0 Å². The molecule has 24 heavy (non-hydrogen) atoms. The summed E-state index contributed by atoms with van der Waals surface area (Å²) in [7, 11) is 0. The van der Waals surface area contributed by atoms with Crippen LogP contribution in [-0.2, 0) is 11.2 Å². The van der Waals surface area contributed by atoms with Crippen molar-refractivity contribution in [2.45, 2.75) is 6.42 Å². The molecule has 3 aromatic rings. The number of nitrogens with one attached hydrogen (secondary N) is 1. The van der Waals surface area contributed by atoms with Gasteiger partial charge in [0.05, 0.1) is 11.2 Å². The Morgan fingerprint density at radius 1 is 1.25 bits per heavy atom. The van der Waals surface area contributed by atoms with Gasteiger partial charge in [0, 0.05) is 29.7 Å². The maximum Gasteiger partial charge on any atom is 0.266 e. The first kappa shape index (κ1) is 15.2. The van der Waals surface area contributed by atoms with E-state index in [-0.39, 0.29) is 5.91 Å². The summed E-state index contributed by atoms with van der Waals surface area (Å²) in [6, 6.07) is 11.8. The summed E-state index contributed by atoms with van der Waals surface area (Å²) in [6.07, 6.45) is 6.08. The third-order valence-electron chi connectivity index (χ3n) is 3.97. The topological polar surface area (TPSA) is 49.2 Å². The number of thiocarbonyl (C=S) groups is 1. The van der Waals surface area contributed by atoms with Crippen molar-refractivity contribution in [3.8, 4) is 0 Å². The molecular weight excluding hydrogens is 340 g/mol. The lowest BCUT2D eigenvalue weighted by molar-refractivity contribution is -0.122. The molecule has 0 aliphatic carbocycles. The lowest BCUT2D eigenvalue weighted by Gasteiger charge is -2.13. The SMILES string of the molecule is O=C1/C(=C/c2ccco2)SC(=S)N1CCc1c[nH]c2ccccc12. The number of carbonyl (C=O) groups excluding carboxylic acids is 1. The number of amides is 1. The van der Waals surface area contributed by atoms with Gasteiger partial charge in [0.15, 0.2) is 0 Å². The normalized spacial score (nSPS) is 16.7. The maximum absolute atomic E-state index is 12.6. The summed E-state index contributed by atoms with van der Waals surface area (Å²) in [4.78, 5) is 18.1. The highest BCUT2D eigenvalue weighted by Gasteiger charge is 2.32. The van der Waals surface area contributed by atoms with Gasteiger partial charge in [0.2, 0.25) is 0 Å². The molecule has 1 aliphatic rings. The highest BCUT2D eigenvalue weighted by Crippen LogP contribution is 2.33. The van der Waals surface area contributed by atoms with E-state index in [9.17, 15) is 4.79 Å². The lowest BCUT2D eigenvalue weighted by Crippen LogP contribution is -2.30. The van der Waals surface area contributed by atoms with Crippen LogP contribution in [0.3, 0.4) is 0 Å². The highest BCUT2D eigenvalue weighted by molar-refractivity contribution is 8.26. The number of aromatic amines is 1. The van der Waals surface area contributed by atoms with Gasteiger partial charge in [-0.3, -0.25) is 9.69 Å². The van der Waals surface area contributed by atoms with Crippen LogP contribution >= 0.6 is 24.0 Å². The van der Waals surface area contributed by atoms with Crippen LogP contribution in [0.2, 0.25) is 0 Å². The number of rotatable bonds is 4. The number of hydrogen-bond donors (Lipinski definition) is 1. The molecular formula is C18H14N2O2S2. The van der Waals surface area contributed by atoms with E-state index >= 15 is 0 Å². The number of thioether (sulfide) groups is 1. The summed E-state index contributed by atoms with van der Waals surface area (Å²) in [6.45, 7) is 0.571. The van der Waals surface area contributed by atoms with Gasteiger partial charge in [-0.2, -0.15) is 0 Å². The van der Waals surface area contributed by atoms with Crippen LogP contribution in [-0.4, -0.2) is 26.7 Å². The van der Waals surface area contributed by atoms with E-state index in [0.717, 1.165) is 11.9 Å². The van der Waals surface area contributed by atoms with Crippen molar-refractivity contribution in [2.75, 3.05) is 6.54 Å². The van der Waals surface area contributed by atoms with Crippen molar-refractivity contribution < 1.29 is 9.21 Å². The third kappa shape index (κ3) is 2.79. The molecule has 4 nitrogen and oxygen atoms in total. The average molecular weight is 354 g/mol. The van der Waals surface area contributed by atoms with Gasteiger partial charge in [-0.25, -0.2) is 0 Å². The van der Waals surface area contributed by atoms with Gasteiger partial charge >= 0.3 is 0 Å². The second-order valence-corrected chi connectivity index (χ2v) is 7.13. The first-order valence-electron chi connectivity index (χ1n) is 7.56. The molecule has 0 bridgehead atoms. The monoisotopic (exact) mass is 354 g/mol. The van der Waals surface area contributed by atoms with E-state index in [1.807, 2.05) is 30.5 Å². The number of nitrogens with zero attached hydrogens (tertiary/aromatic N) is 1. The molecule has 6 heteroatoms. The summed E-state index contributed by atoms with van der Waals surface area (Å²) in [5.74, 6) is 0.605. The van der Waals surface area contributed by atoms with E-state index in [1.54, 1.807) is 23.3 Å². The first-order valence-corrected chi connectivity index (χ1v) is 8.79. The van der Waals surface area contributed by atoms with Crippen LogP contribution in [0, 0.1) is 0 Å². The number of hydrogen-bond acceptors (Lipinski definition) is 4. The van der Waals surface area contributed by atoms with Crippen LogP contribution in [0.5, 0.6) is 0 Å². The Bertz CT molecular complexity index is 941. The van der Waals surface area contributed by atoms with E-state index in [1.165, 1.54) is 22.7 Å². The Labute approximate surface area is 148 Å². The van der Waals surface area contributed by atoms with Crippen molar-refractivity contribution >= 4 is 51.2 Å².